The van der Waals surface area contributed by atoms with Gasteiger partial charge in [0.15, 0.2) is 0 Å². The van der Waals surface area contributed by atoms with Crippen molar-refractivity contribution in [3.63, 3.8) is 0 Å². The first-order valence-electron chi connectivity index (χ1n) is 9.05. The zero-order valence-corrected chi connectivity index (χ0v) is 16.6. The largest absolute Gasteiger partial charge is 0.463 e. The number of benzene rings is 3. The van der Waals surface area contributed by atoms with Crippen molar-refractivity contribution in [2.45, 2.75) is 18.9 Å². The predicted molar refractivity (Wildman–Crippen MR) is 113 cm³/mol. The first-order valence-corrected chi connectivity index (χ1v) is 9.81. The molecule has 2 nitrogen and oxygen atoms in total. The minimum absolute atomic E-state index is 0.135. The van der Waals surface area contributed by atoms with Crippen LogP contribution in [0.1, 0.15) is 30.0 Å². The first kappa shape index (κ1) is 19.0. The third kappa shape index (κ3) is 4.06. The highest BCUT2D eigenvalue weighted by Crippen LogP contribution is 2.34. The molecule has 3 aromatic carbocycles. The van der Waals surface area contributed by atoms with E-state index in [0.29, 0.717) is 15.8 Å². The third-order valence-electron chi connectivity index (χ3n) is 4.91. The Bertz CT molecular complexity index is 1000. The van der Waals surface area contributed by atoms with Gasteiger partial charge in [0.2, 0.25) is 6.86 Å². The van der Waals surface area contributed by atoms with Gasteiger partial charge in [0.1, 0.15) is 5.75 Å². The van der Waals surface area contributed by atoms with Crippen molar-refractivity contribution >= 4 is 28.9 Å². The van der Waals surface area contributed by atoms with Crippen molar-refractivity contribution in [3.8, 4) is 16.9 Å². The Balaban J connectivity index is 1.52. The van der Waals surface area contributed by atoms with Gasteiger partial charge in [-0.25, -0.2) is 4.39 Å². The molecule has 1 atom stereocenters. The lowest BCUT2D eigenvalue weighted by atomic mass is 9.99. The van der Waals surface area contributed by atoms with E-state index >= 15 is 0 Å². The van der Waals surface area contributed by atoms with E-state index in [9.17, 15) is 4.39 Å². The number of rotatable bonds is 5. The van der Waals surface area contributed by atoms with E-state index in [-0.39, 0.29) is 6.04 Å². The molecule has 0 saturated carbocycles. The van der Waals surface area contributed by atoms with Crippen LogP contribution >= 0.6 is 23.2 Å². The molecule has 1 aliphatic heterocycles. The summed E-state index contributed by atoms with van der Waals surface area (Å²) in [6.45, 7) is -0.820. The lowest BCUT2D eigenvalue weighted by molar-refractivity contribution is 0.192. The Morgan fingerprint density at radius 2 is 1.61 bits per heavy atom. The van der Waals surface area contributed by atoms with Gasteiger partial charge in [0.05, 0.1) is 11.1 Å². The fourth-order valence-corrected chi connectivity index (χ4v) is 3.98. The fourth-order valence-electron chi connectivity index (χ4n) is 3.46. The second-order valence-electron chi connectivity index (χ2n) is 6.65. The SMILES string of the molecule is FCOc1ccc(-c2ccc(C3CCC(c4ccc(Cl)cc4Cl)=N3)cc2)cc1. The van der Waals surface area contributed by atoms with E-state index in [1.54, 1.807) is 18.2 Å². The summed E-state index contributed by atoms with van der Waals surface area (Å²) in [4.78, 5) is 4.89. The Labute approximate surface area is 173 Å². The summed E-state index contributed by atoms with van der Waals surface area (Å²) in [5.74, 6) is 0.525. The number of aliphatic imine (C=N–C) groups is 1. The Hall–Kier alpha value is -2.36. The molecule has 142 valence electrons. The van der Waals surface area contributed by atoms with Crippen LogP contribution < -0.4 is 4.74 Å². The number of hydrogen-bond donors (Lipinski definition) is 0. The molecule has 0 spiro atoms. The van der Waals surface area contributed by atoms with Crippen LogP contribution in [-0.4, -0.2) is 12.6 Å². The maximum Gasteiger partial charge on any atom is 0.228 e. The topological polar surface area (TPSA) is 21.6 Å². The highest BCUT2D eigenvalue weighted by molar-refractivity contribution is 6.37. The summed E-state index contributed by atoms with van der Waals surface area (Å²) in [6.07, 6.45) is 1.85. The Morgan fingerprint density at radius 3 is 2.25 bits per heavy atom. The van der Waals surface area contributed by atoms with Crippen LogP contribution in [0.3, 0.4) is 0 Å². The van der Waals surface area contributed by atoms with E-state index in [4.69, 9.17) is 32.9 Å². The van der Waals surface area contributed by atoms with Gasteiger partial charge in [-0.15, -0.1) is 0 Å². The number of alkyl halides is 1. The van der Waals surface area contributed by atoms with Gasteiger partial charge in [0.25, 0.3) is 0 Å². The lowest BCUT2D eigenvalue weighted by Gasteiger charge is -2.09. The number of ether oxygens (including phenoxy) is 1. The van der Waals surface area contributed by atoms with Gasteiger partial charge >= 0.3 is 0 Å². The minimum Gasteiger partial charge on any atom is -0.463 e. The fraction of sp³-hybridized carbons (Fsp3) is 0.174. The molecule has 0 N–H and O–H groups in total. The van der Waals surface area contributed by atoms with Crippen LogP contribution in [0.25, 0.3) is 11.1 Å². The maximum atomic E-state index is 12.2. The van der Waals surface area contributed by atoms with Gasteiger partial charge in [-0.1, -0.05) is 65.7 Å². The van der Waals surface area contributed by atoms with E-state index in [2.05, 4.69) is 24.3 Å². The lowest BCUT2D eigenvalue weighted by Crippen LogP contribution is -1.96. The normalized spacial score (nSPS) is 16.1. The van der Waals surface area contributed by atoms with E-state index in [1.807, 2.05) is 24.3 Å². The van der Waals surface area contributed by atoms with Gasteiger partial charge in [0, 0.05) is 16.3 Å². The number of nitrogens with zero attached hydrogens (tertiary/aromatic N) is 1. The zero-order valence-electron chi connectivity index (χ0n) is 15.0. The average Bonchev–Trinajstić information content (AvgIpc) is 3.19. The van der Waals surface area contributed by atoms with Crippen LogP contribution in [-0.2, 0) is 0 Å². The van der Waals surface area contributed by atoms with Crippen molar-refractivity contribution in [2.75, 3.05) is 6.86 Å². The zero-order chi connectivity index (χ0) is 19.5. The standard InChI is InChI=1S/C23H18Cl2FNO/c24-18-7-10-20(21(25)13-18)23-12-11-22(27-23)17-3-1-15(2-4-17)16-5-8-19(9-6-16)28-14-26/h1-10,13,22H,11-12,14H2. The summed E-state index contributed by atoms with van der Waals surface area (Å²) in [5, 5.41) is 1.27. The van der Waals surface area contributed by atoms with Crippen LogP contribution in [0.5, 0.6) is 5.75 Å². The highest BCUT2D eigenvalue weighted by atomic mass is 35.5. The van der Waals surface area contributed by atoms with Gasteiger partial charge in [-0.05, 0) is 53.8 Å². The molecule has 1 heterocycles. The monoisotopic (exact) mass is 413 g/mol. The van der Waals surface area contributed by atoms with Crippen molar-refractivity contribution in [1.29, 1.82) is 0 Å². The molecule has 28 heavy (non-hydrogen) atoms. The summed E-state index contributed by atoms with van der Waals surface area (Å²) >= 11 is 12.3. The molecule has 1 unspecified atom stereocenters. The van der Waals surface area contributed by atoms with E-state index in [0.717, 1.165) is 35.2 Å². The number of halogens is 3. The smallest absolute Gasteiger partial charge is 0.228 e. The van der Waals surface area contributed by atoms with Gasteiger partial charge in [-0.3, -0.25) is 4.99 Å². The van der Waals surface area contributed by atoms with Crippen molar-refractivity contribution in [3.05, 3.63) is 87.9 Å². The van der Waals surface area contributed by atoms with Crippen LogP contribution in [0.2, 0.25) is 10.0 Å². The van der Waals surface area contributed by atoms with Crippen LogP contribution in [0.4, 0.5) is 4.39 Å². The molecule has 0 amide bonds. The van der Waals surface area contributed by atoms with Crippen LogP contribution in [0.15, 0.2) is 71.7 Å². The van der Waals surface area contributed by atoms with E-state index in [1.165, 1.54) is 5.56 Å². The average molecular weight is 414 g/mol. The minimum atomic E-state index is -0.820. The number of hydrogen-bond acceptors (Lipinski definition) is 2. The molecule has 0 radical (unpaired) electrons. The molecular weight excluding hydrogens is 396 g/mol. The quantitative estimate of drug-likeness (QED) is 0.430. The second-order valence-corrected chi connectivity index (χ2v) is 7.50. The summed E-state index contributed by atoms with van der Waals surface area (Å²) in [7, 11) is 0. The van der Waals surface area contributed by atoms with Crippen molar-refractivity contribution in [2.24, 2.45) is 4.99 Å². The van der Waals surface area contributed by atoms with Crippen molar-refractivity contribution in [1.82, 2.24) is 0 Å². The molecule has 0 aliphatic carbocycles. The molecule has 4 rings (SSSR count). The molecule has 0 fully saturated rings. The molecule has 0 saturated heterocycles. The van der Waals surface area contributed by atoms with Gasteiger partial charge in [-0.2, -0.15) is 0 Å². The second kappa shape index (κ2) is 8.34. The highest BCUT2D eigenvalue weighted by Gasteiger charge is 2.21. The molecule has 1 aliphatic rings. The first-order chi connectivity index (χ1) is 13.6. The third-order valence-corrected chi connectivity index (χ3v) is 5.46. The molecule has 0 aromatic heterocycles. The molecule has 0 bridgehead atoms. The summed E-state index contributed by atoms with van der Waals surface area (Å²) < 4.78 is 17.1. The Morgan fingerprint density at radius 1 is 0.929 bits per heavy atom. The molecule has 3 aromatic rings. The van der Waals surface area contributed by atoms with E-state index < -0.39 is 6.86 Å². The van der Waals surface area contributed by atoms with Gasteiger partial charge < -0.3 is 4.74 Å². The molecular formula is C23H18Cl2FNO. The summed E-state index contributed by atoms with van der Waals surface area (Å²) in [6, 6.07) is 21.5. The van der Waals surface area contributed by atoms with Crippen LogP contribution in [0, 0.1) is 0 Å². The Kier molecular flexibility index (Phi) is 5.65. The predicted octanol–water partition coefficient (Wildman–Crippen LogP) is 7.29. The molecule has 5 heteroatoms. The van der Waals surface area contributed by atoms with Crippen molar-refractivity contribution < 1.29 is 9.13 Å². The maximum absolute atomic E-state index is 12.2. The summed E-state index contributed by atoms with van der Waals surface area (Å²) in [5.41, 5.74) is 5.32.